The normalized spacial score (nSPS) is 12.6. The van der Waals surface area contributed by atoms with Crippen molar-refractivity contribution in [3.63, 3.8) is 0 Å². The van der Waals surface area contributed by atoms with Gasteiger partial charge in [-0.15, -0.1) is 53.8 Å². The molecule has 374 valence electrons. The van der Waals surface area contributed by atoms with Crippen LogP contribution >= 0.6 is 0 Å². The van der Waals surface area contributed by atoms with Crippen LogP contribution in [-0.2, 0) is 26.5 Å². The van der Waals surface area contributed by atoms with E-state index in [1.807, 2.05) is 6.20 Å². The molecular formula is C70H51N6Pt-3. The SMILES string of the molecule is CC(C)(C)c1cccc(N2[CH-]N(c3[c-]c(N(c4[c-]c5c(cc4)-c4ccccc4-c4ccccc4N5c4cc(-n5c6ccccc6c6ccccc65)ccn4)c4ccccc4)cc(-c4ccccc4)c3)c3ccccc32)c1.[Pt]. The molecule has 0 N–H and O–H groups in total. The summed E-state index contributed by atoms with van der Waals surface area (Å²) >= 11 is 0. The number of pyridine rings is 1. The van der Waals surface area contributed by atoms with Gasteiger partial charge in [0.05, 0.1) is 22.4 Å². The van der Waals surface area contributed by atoms with E-state index in [-0.39, 0.29) is 26.5 Å². The van der Waals surface area contributed by atoms with Gasteiger partial charge in [0, 0.05) is 72.4 Å². The molecule has 0 fully saturated rings. The molecule has 14 rings (SSSR count). The molecule has 2 aromatic heterocycles. The van der Waals surface area contributed by atoms with E-state index in [0.717, 1.165) is 107 Å². The molecule has 7 heteroatoms. The fourth-order valence-electron chi connectivity index (χ4n) is 11.3. The molecule has 6 nitrogen and oxygen atoms in total. The Bertz CT molecular complexity index is 4130. The van der Waals surface area contributed by atoms with Crippen molar-refractivity contribution >= 4 is 78.8 Å². The average molecular weight is 1170 g/mol. The van der Waals surface area contributed by atoms with E-state index < -0.39 is 0 Å². The zero-order valence-corrected chi connectivity index (χ0v) is 45.0. The van der Waals surface area contributed by atoms with Gasteiger partial charge in [0.25, 0.3) is 0 Å². The Morgan fingerprint density at radius 3 is 1.78 bits per heavy atom. The first-order valence-corrected chi connectivity index (χ1v) is 25.9. The quantitative estimate of drug-likeness (QED) is 0.142. The van der Waals surface area contributed by atoms with Gasteiger partial charge in [0.2, 0.25) is 0 Å². The molecule has 0 bridgehead atoms. The van der Waals surface area contributed by atoms with Crippen LogP contribution in [0, 0.1) is 18.8 Å². The molecule has 0 radical (unpaired) electrons. The summed E-state index contributed by atoms with van der Waals surface area (Å²) < 4.78 is 2.36. The Morgan fingerprint density at radius 2 is 1.06 bits per heavy atom. The van der Waals surface area contributed by atoms with E-state index in [9.17, 15) is 0 Å². The van der Waals surface area contributed by atoms with Gasteiger partial charge < -0.3 is 24.2 Å². The number of benzene rings is 10. The van der Waals surface area contributed by atoms with Crippen molar-refractivity contribution < 1.29 is 21.1 Å². The molecule has 0 atom stereocenters. The molecular weight excluding hydrogens is 1120 g/mol. The average Bonchev–Trinajstić information content (AvgIpc) is 4.00. The summed E-state index contributed by atoms with van der Waals surface area (Å²) in [6.07, 6.45) is 1.94. The minimum absolute atomic E-state index is 0. The monoisotopic (exact) mass is 1170 g/mol. The second-order valence-electron chi connectivity index (χ2n) is 20.6. The van der Waals surface area contributed by atoms with Crippen LogP contribution in [0.15, 0.2) is 249 Å². The van der Waals surface area contributed by atoms with Gasteiger partial charge in [-0.05, 0) is 82.8 Å². The van der Waals surface area contributed by atoms with Crippen LogP contribution < -0.4 is 19.6 Å². The van der Waals surface area contributed by atoms with Crippen molar-refractivity contribution in [2.45, 2.75) is 26.2 Å². The van der Waals surface area contributed by atoms with Crippen LogP contribution in [0.4, 0.5) is 57.0 Å². The van der Waals surface area contributed by atoms with Crippen molar-refractivity contribution in [1.29, 1.82) is 0 Å². The number of para-hydroxylation sites is 6. The van der Waals surface area contributed by atoms with Crippen molar-refractivity contribution in [2.75, 3.05) is 19.6 Å². The zero-order chi connectivity index (χ0) is 50.9. The van der Waals surface area contributed by atoms with Gasteiger partial charge in [-0.25, -0.2) is 4.98 Å². The maximum absolute atomic E-state index is 5.25. The number of hydrogen-bond donors (Lipinski definition) is 0. The van der Waals surface area contributed by atoms with E-state index in [1.54, 1.807) is 0 Å². The fraction of sp³-hybridized carbons (Fsp3) is 0.0571. The summed E-state index contributed by atoms with van der Waals surface area (Å²) in [5.41, 5.74) is 20.0. The minimum Gasteiger partial charge on any atom is -0.493 e. The predicted molar refractivity (Wildman–Crippen MR) is 316 cm³/mol. The Morgan fingerprint density at radius 1 is 0.455 bits per heavy atom. The van der Waals surface area contributed by atoms with E-state index in [4.69, 9.17) is 4.98 Å². The molecule has 0 saturated carbocycles. The maximum atomic E-state index is 5.25. The van der Waals surface area contributed by atoms with E-state index in [1.165, 1.54) is 16.3 Å². The van der Waals surface area contributed by atoms with Gasteiger partial charge in [-0.1, -0.05) is 195 Å². The molecule has 77 heavy (non-hydrogen) atoms. The van der Waals surface area contributed by atoms with Crippen LogP contribution in [0.25, 0.3) is 60.9 Å². The Kier molecular flexibility index (Phi) is 12.0. The Labute approximate surface area is 464 Å². The summed E-state index contributed by atoms with van der Waals surface area (Å²) in [6.45, 7) is 9.02. The molecule has 0 spiro atoms. The van der Waals surface area contributed by atoms with Gasteiger partial charge in [-0.3, -0.25) is 0 Å². The molecule has 0 saturated heterocycles. The van der Waals surface area contributed by atoms with Crippen molar-refractivity contribution in [3.8, 4) is 39.1 Å². The van der Waals surface area contributed by atoms with Crippen molar-refractivity contribution in [2.24, 2.45) is 0 Å². The zero-order valence-electron chi connectivity index (χ0n) is 42.7. The Balaban J connectivity index is 0.00000566. The van der Waals surface area contributed by atoms with Gasteiger partial charge in [0.1, 0.15) is 5.82 Å². The summed E-state index contributed by atoms with van der Waals surface area (Å²) in [6, 6.07) is 95.0. The third-order valence-electron chi connectivity index (χ3n) is 14.9. The molecule has 4 heterocycles. The smallest absolute Gasteiger partial charge is 0.137 e. The predicted octanol–water partition coefficient (Wildman–Crippen LogP) is 18.7. The topological polar surface area (TPSA) is 30.8 Å². The van der Waals surface area contributed by atoms with E-state index in [0.29, 0.717) is 0 Å². The van der Waals surface area contributed by atoms with Crippen LogP contribution in [0.5, 0.6) is 0 Å². The number of anilines is 10. The summed E-state index contributed by atoms with van der Waals surface area (Å²) in [5.74, 6) is 0.779. The number of nitrogens with zero attached hydrogens (tertiary/aromatic N) is 6. The molecule has 0 aliphatic carbocycles. The second kappa shape index (κ2) is 19.3. The molecule has 10 aromatic carbocycles. The Hall–Kier alpha value is -8.96. The third kappa shape index (κ3) is 8.28. The number of rotatable bonds is 8. The summed E-state index contributed by atoms with van der Waals surface area (Å²) in [7, 11) is 0. The summed E-state index contributed by atoms with van der Waals surface area (Å²) in [5, 5.41) is 2.42. The first kappa shape index (κ1) is 47.7. The first-order chi connectivity index (χ1) is 37.3. The molecule has 0 unspecified atom stereocenters. The molecule has 2 aliphatic heterocycles. The van der Waals surface area contributed by atoms with Crippen LogP contribution in [-0.4, -0.2) is 9.55 Å². The van der Waals surface area contributed by atoms with E-state index >= 15 is 0 Å². The van der Waals surface area contributed by atoms with Gasteiger partial charge in [-0.2, -0.15) is 6.07 Å². The molecule has 0 amide bonds. The molecule has 12 aromatic rings. The molecule has 2 aliphatic rings. The van der Waals surface area contributed by atoms with Crippen molar-refractivity contribution in [3.05, 3.63) is 273 Å². The van der Waals surface area contributed by atoms with Crippen LogP contribution in [0.2, 0.25) is 0 Å². The number of fused-ring (bicyclic) bond motifs is 9. The number of aromatic nitrogens is 2. The second-order valence-corrected chi connectivity index (χ2v) is 20.6. The van der Waals surface area contributed by atoms with Gasteiger partial charge >= 0.3 is 0 Å². The largest absolute Gasteiger partial charge is 0.493 e. The van der Waals surface area contributed by atoms with Crippen molar-refractivity contribution in [1.82, 2.24) is 9.55 Å². The maximum Gasteiger partial charge on any atom is 0.137 e. The van der Waals surface area contributed by atoms with Crippen LogP contribution in [0.1, 0.15) is 26.3 Å². The van der Waals surface area contributed by atoms with Gasteiger partial charge in [0.15, 0.2) is 0 Å². The standard InChI is InChI=1S/C70H51N6.Pt/c1-70(2,3)50-23-20-26-52(43-50)72-47-73(67-36-19-18-35-66(67)72)55-41-49(48-21-6-4-7-22-48)42-56(44-55)74(51-24-8-5-9-25-51)53-37-38-62-58-28-11-10-27-57(58)59-29-12-17-34-65(59)76(68(62)45-53)69-46-54(39-40-71-69)75-63-32-15-13-30-60(63)61-31-14-16-33-64(61)75;/h4-43,46-47H,1-3H3;/q-3;. The first-order valence-electron chi connectivity index (χ1n) is 25.9. The summed E-state index contributed by atoms with van der Waals surface area (Å²) in [4.78, 5) is 14.4. The van der Waals surface area contributed by atoms with E-state index in [2.05, 4.69) is 306 Å². The minimum atomic E-state index is -0.00677. The third-order valence-corrected chi connectivity index (χ3v) is 14.9. The fourth-order valence-corrected chi connectivity index (χ4v) is 11.3. The number of hydrogen-bond acceptors (Lipinski definition) is 5. The van der Waals surface area contributed by atoms with Crippen LogP contribution in [0.3, 0.4) is 0 Å².